The van der Waals surface area contributed by atoms with Crippen molar-refractivity contribution < 1.29 is 51.6 Å². The Balaban J connectivity index is 0.000000146. The molecular weight excluding hydrogens is 1200 g/mol. The Morgan fingerprint density at radius 2 is 0.750 bits per heavy atom. The standard InChI is InChI=1S/C22H17F4N3O2S.2C21H18FN3O2S/c23-16-10-13(9-15(12-16)22(24,25)26)5-8-21-28-18-7-6-14(11-19(18)29-21)17-3-1-2-4-20(17)32(27,30)31;22-17-7-3-1-5-14(17)10-12-21-24-18-11-9-15(13-19(18)25-21)16-6-2-4-8-20(16)28(23,26)27;22-16-9-5-14(6-10-16)7-12-21-24-18-11-8-15(13-19(18)25-21)17-3-1-2-4-20(17)28(23,26)27/h1-4,6-7,9-12H,5,8H2,(H,28,29)(H2,27,30,31);1-9,11,13H,10,12H2,(H,24,25)(H2,23,26,27);1-6,8-11,13H,7,12H2,(H,24,25)(H2,23,26,27). The van der Waals surface area contributed by atoms with Gasteiger partial charge in [-0.3, -0.25) is 0 Å². The number of primary sulfonamides is 3. The van der Waals surface area contributed by atoms with E-state index in [0.717, 1.165) is 69.0 Å². The van der Waals surface area contributed by atoms with Crippen molar-refractivity contribution >= 4 is 63.2 Å². The van der Waals surface area contributed by atoms with Gasteiger partial charge < -0.3 is 15.0 Å². The Kier molecular flexibility index (Phi) is 18.0. The van der Waals surface area contributed by atoms with Crippen LogP contribution in [0.1, 0.15) is 39.7 Å². The van der Waals surface area contributed by atoms with Crippen molar-refractivity contribution in [3.05, 3.63) is 251 Å². The number of aromatic amines is 3. The molecule has 12 rings (SSSR count). The van der Waals surface area contributed by atoms with E-state index < -0.39 is 47.6 Å². The second-order valence-electron chi connectivity index (χ2n) is 20.4. The zero-order valence-corrected chi connectivity index (χ0v) is 48.7. The first kappa shape index (κ1) is 61.8. The topological polar surface area (TPSA) is 267 Å². The Hall–Kier alpha value is -9.30. The predicted octanol–water partition coefficient (Wildman–Crippen LogP) is 12.4. The Bertz CT molecular complexity index is 4900. The number of rotatable bonds is 15. The van der Waals surface area contributed by atoms with Crippen LogP contribution in [0.4, 0.5) is 26.3 Å². The lowest BCUT2D eigenvalue weighted by Gasteiger charge is -2.09. The fourth-order valence-electron chi connectivity index (χ4n) is 9.99. The van der Waals surface area contributed by atoms with Crippen LogP contribution >= 0.6 is 0 Å². The van der Waals surface area contributed by atoms with Gasteiger partial charge in [-0.25, -0.2) is 68.8 Å². The first-order chi connectivity index (χ1) is 41.8. The quantitative estimate of drug-likeness (QED) is 0.0532. The largest absolute Gasteiger partial charge is 0.416 e. The number of nitrogens with two attached hydrogens (primary N) is 3. The maximum atomic E-state index is 13.8. The molecule has 15 nitrogen and oxygen atoms in total. The van der Waals surface area contributed by atoms with Crippen LogP contribution in [0.15, 0.2) is 209 Å². The average molecular weight is 1250 g/mol. The summed E-state index contributed by atoms with van der Waals surface area (Å²) < 4.78 is 150. The SMILES string of the molecule is NS(=O)(=O)c1ccccc1-c1ccc2nc(CCc3cc(F)cc(C(F)(F)F)c3)[nH]c2c1.NS(=O)(=O)c1ccccc1-c1ccc2nc(CCc3ccc(F)cc3)[nH]c2c1.NS(=O)(=O)c1ccccc1-c1ccc2nc(CCc3ccccc3F)[nH]c2c1. The maximum absolute atomic E-state index is 13.8. The smallest absolute Gasteiger partial charge is 0.342 e. The summed E-state index contributed by atoms with van der Waals surface area (Å²) in [5.41, 5.74) is 8.84. The van der Waals surface area contributed by atoms with Crippen molar-refractivity contribution in [2.45, 2.75) is 59.4 Å². The molecule has 9 N–H and O–H groups in total. The number of fused-ring (bicyclic) bond motifs is 3. The lowest BCUT2D eigenvalue weighted by molar-refractivity contribution is -0.137. The number of aromatic nitrogens is 6. The van der Waals surface area contributed by atoms with Crippen molar-refractivity contribution in [2.75, 3.05) is 0 Å². The average Bonchev–Trinajstić information content (AvgIpc) is 3.69. The molecule has 0 amide bonds. The highest BCUT2D eigenvalue weighted by Crippen LogP contribution is 2.34. The first-order valence-electron chi connectivity index (χ1n) is 27.0. The molecule has 24 heteroatoms. The summed E-state index contributed by atoms with van der Waals surface area (Å²) in [5.74, 6) is 0.652. The van der Waals surface area contributed by atoms with Crippen LogP contribution in [0.5, 0.6) is 0 Å². The van der Waals surface area contributed by atoms with Gasteiger partial charge >= 0.3 is 6.18 Å². The second-order valence-corrected chi connectivity index (χ2v) is 25.0. The van der Waals surface area contributed by atoms with Crippen molar-refractivity contribution in [3.63, 3.8) is 0 Å². The molecule has 0 saturated carbocycles. The number of nitrogens with one attached hydrogen (secondary N) is 3. The van der Waals surface area contributed by atoms with Crippen LogP contribution in [0.3, 0.4) is 0 Å². The fourth-order valence-corrected chi connectivity index (χ4v) is 12.3. The molecule has 0 unspecified atom stereocenters. The van der Waals surface area contributed by atoms with Gasteiger partial charge in [-0.2, -0.15) is 13.2 Å². The van der Waals surface area contributed by atoms with Gasteiger partial charge in [0, 0.05) is 36.0 Å². The summed E-state index contributed by atoms with van der Waals surface area (Å²) in [4.78, 5) is 23.3. The molecule has 12 aromatic rings. The third-order valence-electron chi connectivity index (χ3n) is 14.2. The summed E-state index contributed by atoms with van der Waals surface area (Å²) in [6, 6.07) is 51.3. The minimum atomic E-state index is -4.63. The van der Waals surface area contributed by atoms with Gasteiger partial charge in [0.25, 0.3) is 0 Å². The zero-order chi connectivity index (χ0) is 62.5. The number of hydrogen-bond acceptors (Lipinski definition) is 9. The number of halogens is 6. The minimum Gasteiger partial charge on any atom is -0.342 e. The highest BCUT2D eigenvalue weighted by atomic mass is 32.2. The maximum Gasteiger partial charge on any atom is 0.416 e. The molecule has 0 saturated heterocycles. The van der Waals surface area contributed by atoms with E-state index in [-0.39, 0.29) is 44.7 Å². The molecule has 3 heterocycles. The van der Waals surface area contributed by atoms with Crippen LogP contribution in [-0.4, -0.2) is 55.2 Å². The molecule has 3 aromatic heterocycles. The summed E-state index contributed by atoms with van der Waals surface area (Å²) >= 11 is 0. The number of H-pyrrole nitrogens is 3. The normalized spacial score (nSPS) is 12.0. The van der Waals surface area contributed by atoms with Gasteiger partial charge in [-0.1, -0.05) is 103 Å². The summed E-state index contributed by atoms with van der Waals surface area (Å²) in [6.07, 6.45) is -1.68. The number of imidazole rings is 3. The second kappa shape index (κ2) is 25.6. The van der Waals surface area contributed by atoms with E-state index in [9.17, 15) is 51.6 Å². The van der Waals surface area contributed by atoms with Crippen LogP contribution in [-0.2, 0) is 74.8 Å². The number of hydrogen-bond donors (Lipinski definition) is 6. The van der Waals surface area contributed by atoms with E-state index >= 15 is 0 Å². The number of aryl methyl sites for hydroxylation is 6. The molecule has 0 aliphatic heterocycles. The number of sulfonamides is 3. The lowest BCUT2D eigenvalue weighted by Crippen LogP contribution is -2.13. The van der Waals surface area contributed by atoms with Crippen LogP contribution in [0, 0.1) is 17.5 Å². The molecule has 450 valence electrons. The number of alkyl halides is 3. The van der Waals surface area contributed by atoms with E-state index in [1.165, 1.54) is 36.4 Å². The highest BCUT2D eigenvalue weighted by Gasteiger charge is 2.31. The Labute approximate surface area is 501 Å². The molecule has 88 heavy (non-hydrogen) atoms. The zero-order valence-electron chi connectivity index (χ0n) is 46.2. The van der Waals surface area contributed by atoms with Crippen molar-refractivity contribution in [2.24, 2.45) is 15.4 Å². The van der Waals surface area contributed by atoms with Crippen LogP contribution in [0.2, 0.25) is 0 Å². The lowest BCUT2D eigenvalue weighted by atomic mass is 10.1. The summed E-state index contributed by atoms with van der Waals surface area (Å²) in [6.45, 7) is 0. The van der Waals surface area contributed by atoms with Gasteiger partial charge in [0.15, 0.2) is 0 Å². The molecule has 0 spiro atoms. The molecule has 0 aliphatic carbocycles. The first-order valence-corrected chi connectivity index (χ1v) is 31.6. The van der Waals surface area contributed by atoms with E-state index in [2.05, 4.69) is 29.9 Å². The summed E-state index contributed by atoms with van der Waals surface area (Å²) in [7, 11) is -11.6. The molecule has 0 aliphatic rings. The molecular formula is C64H53F6N9O6S3. The van der Waals surface area contributed by atoms with Crippen molar-refractivity contribution in [1.82, 2.24) is 29.9 Å². The molecule has 0 radical (unpaired) electrons. The van der Waals surface area contributed by atoms with Crippen LogP contribution in [0.25, 0.3) is 66.5 Å². The van der Waals surface area contributed by atoms with Crippen molar-refractivity contribution in [3.8, 4) is 33.4 Å². The Morgan fingerprint density at radius 1 is 0.375 bits per heavy atom. The van der Waals surface area contributed by atoms with E-state index in [1.54, 1.807) is 97.1 Å². The molecule has 0 fully saturated rings. The minimum absolute atomic E-state index is 0.00865. The van der Waals surface area contributed by atoms with Gasteiger partial charge in [0.2, 0.25) is 30.1 Å². The van der Waals surface area contributed by atoms with Gasteiger partial charge in [0.1, 0.15) is 34.9 Å². The van der Waals surface area contributed by atoms with Crippen molar-refractivity contribution in [1.29, 1.82) is 0 Å². The highest BCUT2D eigenvalue weighted by molar-refractivity contribution is 7.89. The van der Waals surface area contributed by atoms with Crippen LogP contribution < -0.4 is 15.4 Å². The van der Waals surface area contributed by atoms with Gasteiger partial charge in [-0.15, -0.1) is 0 Å². The third kappa shape index (κ3) is 15.1. The Morgan fingerprint density at radius 3 is 1.15 bits per heavy atom. The van der Waals surface area contributed by atoms with Gasteiger partial charge in [0.05, 0.1) is 53.4 Å². The monoisotopic (exact) mass is 1250 g/mol. The molecule has 0 atom stereocenters. The third-order valence-corrected chi connectivity index (χ3v) is 17.1. The van der Waals surface area contributed by atoms with E-state index in [1.807, 2.05) is 42.5 Å². The molecule has 0 bridgehead atoms. The number of benzene rings is 9. The number of nitrogens with zero attached hydrogens (tertiary/aromatic N) is 3. The fraction of sp³-hybridized carbons (Fsp3) is 0.109. The predicted molar refractivity (Wildman–Crippen MR) is 325 cm³/mol. The van der Waals surface area contributed by atoms with Gasteiger partial charge in [-0.05, 0) is 144 Å². The summed E-state index contributed by atoms with van der Waals surface area (Å²) in [5, 5.41) is 16.0. The van der Waals surface area contributed by atoms with E-state index in [4.69, 9.17) is 15.4 Å². The molecule has 9 aromatic carbocycles. The van der Waals surface area contributed by atoms with E-state index in [0.29, 0.717) is 70.0 Å².